The van der Waals surface area contributed by atoms with Crippen molar-refractivity contribution >= 4 is 5.97 Å². The Morgan fingerprint density at radius 3 is 2.67 bits per heavy atom. The largest absolute Gasteiger partial charge is 0.481 e. The fourth-order valence-corrected chi connectivity index (χ4v) is 2.93. The first-order valence-electron chi connectivity index (χ1n) is 6.70. The van der Waals surface area contributed by atoms with Crippen LogP contribution >= 0.6 is 0 Å². The zero-order valence-corrected chi connectivity index (χ0v) is 11.1. The van der Waals surface area contributed by atoms with Gasteiger partial charge in [0.25, 0.3) is 0 Å². The van der Waals surface area contributed by atoms with Crippen molar-refractivity contribution in [2.75, 3.05) is 19.6 Å². The van der Waals surface area contributed by atoms with Gasteiger partial charge >= 0.3 is 5.97 Å². The summed E-state index contributed by atoms with van der Waals surface area (Å²) in [6.45, 7) is 6.68. The van der Waals surface area contributed by atoms with Gasteiger partial charge in [-0.1, -0.05) is 38.1 Å². The summed E-state index contributed by atoms with van der Waals surface area (Å²) < 4.78 is 0. The fourth-order valence-electron chi connectivity index (χ4n) is 2.93. The van der Waals surface area contributed by atoms with Crippen molar-refractivity contribution in [1.29, 1.82) is 0 Å². The molecule has 1 aromatic rings. The Bertz CT molecular complexity index is 430. The molecule has 0 radical (unpaired) electrons. The number of benzene rings is 1. The lowest BCUT2D eigenvalue weighted by molar-refractivity contribution is -0.141. The summed E-state index contributed by atoms with van der Waals surface area (Å²) in [4.78, 5) is 13.7. The van der Waals surface area contributed by atoms with E-state index in [1.807, 2.05) is 12.1 Å². The topological polar surface area (TPSA) is 40.5 Å². The summed E-state index contributed by atoms with van der Waals surface area (Å²) in [6, 6.07) is 8.26. The van der Waals surface area contributed by atoms with Crippen LogP contribution in [-0.2, 0) is 11.2 Å². The molecule has 0 aliphatic carbocycles. The molecule has 1 aliphatic heterocycles. The van der Waals surface area contributed by atoms with Crippen LogP contribution in [0.1, 0.15) is 30.9 Å². The molecule has 0 aromatic heterocycles. The molecule has 3 nitrogen and oxygen atoms in total. The molecule has 1 N–H and O–H groups in total. The van der Waals surface area contributed by atoms with Gasteiger partial charge in [-0.3, -0.25) is 4.79 Å². The number of carbonyl (C=O) groups is 1. The number of likely N-dealkylation sites (N-methyl/N-ethyl adjacent to an activating group) is 1. The van der Waals surface area contributed by atoms with Crippen molar-refractivity contribution in [1.82, 2.24) is 4.90 Å². The van der Waals surface area contributed by atoms with Crippen LogP contribution in [0.4, 0.5) is 0 Å². The van der Waals surface area contributed by atoms with Gasteiger partial charge in [-0.15, -0.1) is 0 Å². The Kier molecular flexibility index (Phi) is 4.02. The lowest BCUT2D eigenvalue weighted by atomic mass is 9.85. The minimum absolute atomic E-state index is 0.138. The van der Waals surface area contributed by atoms with Gasteiger partial charge in [-0.25, -0.2) is 0 Å². The Labute approximate surface area is 108 Å². The van der Waals surface area contributed by atoms with Crippen LogP contribution < -0.4 is 0 Å². The number of rotatable bonds is 4. The van der Waals surface area contributed by atoms with Gasteiger partial charge in [0, 0.05) is 19.0 Å². The Morgan fingerprint density at radius 1 is 1.33 bits per heavy atom. The van der Waals surface area contributed by atoms with Crippen LogP contribution in [0.5, 0.6) is 0 Å². The molecule has 1 aliphatic rings. The predicted octanol–water partition coefficient (Wildman–Crippen LogP) is 2.37. The molecule has 18 heavy (non-hydrogen) atoms. The molecule has 0 bridgehead atoms. The van der Waals surface area contributed by atoms with Crippen molar-refractivity contribution < 1.29 is 9.90 Å². The van der Waals surface area contributed by atoms with Crippen molar-refractivity contribution in [2.24, 2.45) is 5.92 Å². The first kappa shape index (κ1) is 13.1. The third-order valence-corrected chi connectivity index (χ3v) is 4.00. The second-order valence-corrected chi connectivity index (χ2v) is 4.96. The third kappa shape index (κ3) is 2.41. The zero-order valence-electron chi connectivity index (χ0n) is 11.1. The van der Waals surface area contributed by atoms with Crippen LogP contribution in [0.3, 0.4) is 0 Å². The van der Waals surface area contributed by atoms with Gasteiger partial charge in [0.05, 0.1) is 5.92 Å². The molecule has 3 heteroatoms. The van der Waals surface area contributed by atoms with E-state index in [-0.39, 0.29) is 11.8 Å². The van der Waals surface area contributed by atoms with E-state index in [2.05, 4.69) is 30.9 Å². The molecule has 1 saturated heterocycles. The SMILES string of the molecule is CCc1ccccc1C1CN(CC)CC1C(=O)O. The van der Waals surface area contributed by atoms with Gasteiger partial charge in [-0.05, 0) is 24.1 Å². The lowest BCUT2D eigenvalue weighted by Gasteiger charge is -2.18. The van der Waals surface area contributed by atoms with E-state index in [9.17, 15) is 9.90 Å². The second kappa shape index (κ2) is 5.53. The molecule has 0 amide bonds. The number of carboxylic acid groups (broad SMARTS) is 1. The highest BCUT2D eigenvalue weighted by Crippen LogP contribution is 2.34. The molecular weight excluding hydrogens is 226 g/mol. The monoisotopic (exact) mass is 247 g/mol. The quantitative estimate of drug-likeness (QED) is 0.888. The third-order valence-electron chi connectivity index (χ3n) is 4.00. The summed E-state index contributed by atoms with van der Waals surface area (Å²) in [6.07, 6.45) is 0.963. The molecule has 1 heterocycles. The van der Waals surface area contributed by atoms with Crippen molar-refractivity contribution in [2.45, 2.75) is 26.2 Å². The Morgan fingerprint density at radius 2 is 2.06 bits per heavy atom. The van der Waals surface area contributed by atoms with E-state index in [4.69, 9.17) is 0 Å². The molecule has 1 aromatic carbocycles. The summed E-state index contributed by atoms with van der Waals surface area (Å²) in [7, 11) is 0. The van der Waals surface area contributed by atoms with Crippen LogP contribution in [0.2, 0.25) is 0 Å². The maximum absolute atomic E-state index is 11.4. The van der Waals surface area contributed by atoms with Crippen molar-refractivity contribution in [3.05, 3.63) is 35.4 Å². The number of aliphatic carboxylic acids is 1. The van der Waals surface area contributed by atoms with Gasteiger partial charge in [0.15, 0.2) is 0 Å². The van der Waals surface area contributed by atoms with Crippen LogP contribution in [0.15, 0.2) is 24.3 Å². The highest BCUT2D eigenvalue weighted by atomic mass is 16.4. The highest BCUT2D eigenvalue weighted by molar-refractivity contribution is 5.72. The number of aryl methyl sites for hydroxylation is 1. The average molecular weight is 247 g/mol. The van der Waals surface area contributed by atoms with Gasteiger partial charge in [0.2, 0.25) is 0 Å². The number of hydrogen-bond acceptors (Lipinski definition) is 2. The van der Waals surface area contributed by atoms with E-state index in [1.165, 1.54) is 11.1 Å². The molecule has 2 rings (SSSR count). The molecule has 98 valence electrons. The van der Waals surface area contributed by atoms with Crippen LogP contribution in [0, 0.1) is 5.92 Å². The number of hydrogen-bond donors (Lipinski definition) is 1. The van der Waals surface area contributed by atoms with E-state index in [0.29, 0.717) is 6.54 Å². The van der Waals surface area contributed by atoms with Gasteiger partial charge in [-0.2, -0.15) is 0 Å². The minimum atomic E-state index is -0.665. The molecule has 1 fully saturated rings. The molecule has 0 spiro atoms. The number of nitrogens with zero attached hydrogens (tertiary/aromatic N) is 1. The summed E-state index contributed by atoms with van der Waals surface area (Å²) >= 11 is 0. The van der Waals surface area contributed by atoms with Crippen LogP contribution in [-0.4, -0.2) is 35.6 Å². The van der Waals surface area contributed by atoms with E-state index in [1.54, 1.807) is 0 Å². The second-order valence-electron chi connectivity index (χ2n) is 4.96. The van der Waals surface area contributed by atoms with Gasteiger partial charge in [0.1, 0.15) is 0 Å². The number of likely N-dealkylation sites (tertiary alicyclic amines) is 1. The summed E-state index contributed by atoms with van der Waals surface area (Å²) in [5.41, 5.74) is 2.51. The first-order valence-corrected chi connectivity index (χ1v) is 6.70. The Hall–Kier alpha value is -1.35. The number of carboxylic acids is 1. The first-order chi connectivity index (χ1) is 8.67. The van der Waals surface area contributed by atoms with Crippen molar-refractivity contribution in [3.8, 4) is 0 Å². The van der Waals surface area contributed by atoms with E-state index >= 15 is 0 Å². The molecule has 2 unspecified atom stereocenters. The smallest absolute Gasteiger partial charge is 0.308 e. The fraction of sp³-hybridized carbons (Fsp3) is 0.533. The highest BCUT2D eigenvalue weighted by Gasteiger charge is 2.38. The molecule has 0 saturated carbocycles. The van der Waals surface area contributed by atoms with Crippen molar-refractivity contribution in [3.63, 3.8) is 0 Å². The molecule has 2 atom stereocenters. The zero-order chi connectivity index (χ0) is 13.1. The van der Waals surface area contributed by atoms with E-state index < -0.39 is 5.97 Å². The standard InChI is InChI=1S/C15H21NO2/c1-3-11-7-5-6-8-12(11)13-9-16(4-2)10-14(13)15(17)18/h5-8,13-14H,3-4,9-10H2,1-2H3,(H,17,18). The Balaban J connectivity index is 2.32. The lowest BCUT2D eigenvalue weighted by Crippen LogP contribution is -2.23. The minimum Gasteiger partial charge on any atom is -0.481 e. The predicted molar refractivity (Wildman–Crippen MR) is 71.8 cm³/mol. The summed E-state index contributed by atoms with van der Waals surface area (Å²) in [5.74, 6) is -0.793. The molecular formula is C15H21NO2. The summed E-state index contributed by atoms with van der Waals surface area (Å²) in [5, 5.41) is 9.40. The van der Waals surface area contributed by atoms with E-state index in [0.717, 1.165) is 19.5 Å². The van der Waals surface area contributed by atoms with Crippen LogP contribution in [0.25, 0.3) is 0 Å². The van der Waals surface area contributed by atoms with Gasteiger partial charge < -0.3 is 10.0 Å². The average Bonchev–Trinajstić information content (AvgIpc) is 2.83. The normalized spacial score (nSPS) is 24.3. The maximum Gasteiger partial charge on any atom is 0.308 e. The maximum atomic E-state index is 11.4.